The van der Waals surface area contributed by atoms with Gasteiger partial charge in [-0.3, -0.25) is 10.1 Å². The van der Waals surface area contributed by atoms with Gasteiger partial charge in [-0.25, -0.2) is 0 Å². The molecule has 0 bridgehead atoms. The molecule has 1 unspecified atom stereocenters. The van der Waals surface area contributed by atoms with Crippen molar-refractivity contribution in [2.75, 3.05) is 5.73 Å². The number of hydrogen-bond donors (Lipinski definition) is 3. The lowest BCUT2D eigenvalue weighted by Gasteiger charge is -2.09. The smallest absolute Gasteiger partial charge is 0.125 e. The molecule has 0 saturated heterocycles. The van der Waals surface area contributed by atoms with E-state index in [2.05, 4.69) is 15.2 Å². The summed E-state index contributed by atoms with van der Waals surface area (Å²) in [5, 5.41) is 16.3. The molecule has 5 heteroatoms. The number of aryl methyl sites for hydroxylation is 1. The van der Waals surface area contributed by atoms with Gasteiger partial charge in [0.05, 0.1) is 6.20 Å². The molecule has 5 nitrogen and oxygen atoms in total. The Hall–Kier alpha value is -1.88. The number of anilines is 1. The number of nitrogens with zero attached hydrogens (tertiary/aromatic N) is 2. The lowest BCUT2D eigenvalue weighted by atomic mass is 10.1. The van der Waals surface area contributed by atoms with E-state index in [1.807, 2.05) is 19.1 Å². The van der Waals surface area contributed by atoms with Gasteiger partial charge in [-0.15, -0.1) is 0 Å². The van der Waals surface area contributed by atoms with Gasteiger partial charge in [-0.2, -0.15) is 5.10 Å². The maximum absolute atomic E-state index is 9.97. The Kier molecular flexibility index (Phi) is 2.39. The van der Waals surface area contributed by atoms with Crippen molar-refractivity contribution in [3.05, 3.63) is 41.3 Å². The molecule has 0 fully saturated rings. The van der Waals surface area contributed by atoms with Crippen molar-refractivity contribution >= 4 is 5.82 Å². The highest BCUT2D eigenvalue weighted by Gasteiger charge is 2.14. The minimum atomic E-state index is -0.781. The number of aromatic nitrogens is 3. The van der Waals surface area contributed by atoms with Crippen LogP contribution in [0.15, 0.2) is 24.5 Å². The highest BCUT2D eigenvalue weighted by molar-refractivity contribution is 5.42. The summed E-state index contributed by atoms with van der Waals surface area (Å²) in [6.07, 6.45) is 2.36. The Morgan fingerprint density at radius 2 is 2.20 bits per heavy atom. The minimum absolute atomic E-state index is 0.378. The number of H-pyrrole nitrogens is 1. The molecule has 0 aromatic carbocycles. The summed E-state index contributed by atoms with van der Waals surface area (Å²) in [6.45, 7) is 1.89. The molecule has 2 heterocycles. The molecule has 2 aromatic rings. The van der Waals surface area contributed by atoms with Crippen molar-refractivity contribution in [2.24, 2.45) is 0 Å². The first-order valence-electron chi connectivity index (χ1n) is 4.58. The Morgan fingerprint density at radius 3 is 2.73 bits per heavy atom. The molecule has 0 aliphatic heterocycles. The SMILES string of the molecule is Cc1ccc(C(O)c2cn[nH]c2N)cn1. The number of rotatable bonds is 2. The van der Waals surface area contributed by atoms with Crippen molar-refractivity contribution in [1.29, 1.82) is 0 Å². The second-order valence-corrected chi connectivity index (χ2v) is 3.37. The van der Waals surface area contributed by atoms with Crippen LogP contribution in [-0.2, 0) is 0 Å². The summed E-state index contributed by atoms with van der Waals surface area (Å²) in [7, 11) is 0. The lowest BCUT2D eigenvalue weighted by molar-refractivity contribution is 0.220. The zero-order valence-electron chi connectivity index (χ0n) is 8.31. The molecule has 0 spiro atoms. The predicted octanol–water partition coefficient (Wildman–Crippen LogP) is 0.777. The summed E-state index contributed by atoms with van der Waals surface area (Å²) in [6, 6.07) is 3.66. The predicted molar refractivity (Wildman–Crippen MR) is 56.0 cm³/mol. The highest BCUT2D eigenvalue weighted by Crippen LogP contribution is 2.24. The van der Waals surface area contributed by atoms with Gasteiger partial charge in [-0.1, -0.05) is 6.07 Å². The normalized spacial score (nSPS) is 12.7. The van der Waals surface area contributed by atoms with Gasteiger partial charge in [0.2, 0.25) is 0 Å². The number of nitrogens with one attached hydrogen (secondary N) is 1. The van der Waals surface area contributed by atoms with E-state index in [9.17, 15) is 5.11 Å². The Balaban J connectivity index is 2.32. The molecule has 0 aliphatic rings. The van der Waals surface area contributed by atoms with Gasteiger partial charge in [0.1, 0.15) is 11.9 Å². The van der Waals surface area contributed by atoms with Crippen molar-refractivity contribution in [3.63, 3.8) is 0 Å². The number of nitrogen functional groups attached to an aromatic ring is 1. The summed E-state index contributed by atoms with van der Waals surface area (Å²) in [4.78, 5) is 4.11. The second kappa shape index (κ2) is 3.70. The number of aromatic amines is 1. The van der Waals surface area contributed by atoms with Gasteiger partial charge in [0.15, 0.2) is 0 Å². The number of pyridine rings is 1. The maximum Gasteiger partial charge on any atom is 0.125 e. The Labute approximate surface area is 87.0 Å². The zero-order valence-corrected chi connectivity index (χ0v) is 8.31. The van der Waals surface area contributed by atoms with Gasteiger partial charge < -0.3 is 10.8 Å². The highest BCUT2D eigenvalue weighted by atomic mass is 16.3. The first-order valence-corrected chi connectivity index (χ1v) is 4.58. The summed E-state index contributed by atoms with van der Waals surface area (Å²) in [5.74, 6) is 0.378. The number of aliphatic hydroxyl groups is 1. The lowest BCUT2D eigenvalue weighted by Crippen LogP contribution is -2.02. The van der Waals surface area contributed by atoms with Gasteiger partial charge in [0, 0.05) is 23.0 Å². The third-order valence-corrected chi connectivity index (χ3v) is 2.24. The monoisotopic (exact) mass is 204 g/mol. The average Bonchev–Trinajstić information content (AvgIpc) is 2.65. The van der Waals surface area contributed by atoms with Crippen LogP contribution in [0.25, 0.3) is 0 Å². The molecular weight excluding hydrogens is 192 g/mol. The molecule has 0 saturated carbocycles. The summed E-state index contributed by atoms with van der Waals surface area (Å²) >= 11 is 0. The fraction of sp³-hybridized carbons (Fsp3) is 0.200. The van der Waals surface area contributed by atoms with E-state index in [1.54, 1.807) is 6.20 Å². The van der Waals surface area contributed by atoms with E-state index in [4.69, 9.17) is 5.73 Å². The molecule has 15 heavy (non-hydrogen) atoms. The topological polar surface area (TPSA) is 87.8 Å². The molecular formula is C10H12N4O. The quantitative estimate of drug-likeness (QED) is 0.674. The third-order valence-electron chi connectivity index (χ3n) is 2.24. The van der Waals surface area contributed by atoms with Crippen molar-refractivity contribution in [3.8, 4) is 0 Å². The van der Waals surface area contributed by atoms with Crippen LogP contribution >= 0.6 is 0 Å². The molecule has 0 aliphatic carbocycles. The van der Waals surface area contributed by atoms with Crippen LogP contribution in [-0.4, -0.2) is 20.3 Å². The summed E-state index contributed by atoms with van der Waals surface area (Å²) < 4.78 is 0. The van der Waals surface area contributed by atoms with E-state index in [-0.39, 0.29) is 0 Å². The first kappa shape index (κ1) is 9.67. The van der Waals surface area contributed by atoms with Crippen LogP contribution in [0.1, 0.15) is 22.9 Å². The standard InChI is InChI=1S/C10H12N4O/c1-6-2-3-7(4-12-6)9(15)8-5-13-14-10(8)11/h2-5,9,15H,1H3,(H3,11,13,14). The summed E-state index contributed by atoms with van der Waals surface area (Å²) in [5.41, 5.74) is 7.79. The second-order valence-electron chi connectivity index (χ2n) is 3.37. The zero-order chi connectivity index (χ0) is 10.8. The number of aliphatic hydroxyl groups excluding tert-OH is 1. The van der Waals surface area contributed by atoms with E-state index in [1.165, 1.54) is 6.20 Å². The Bertz CT molecular complexity index is 449. The molecule has 0 radical (unpaired) electrons. The van der Waals surface area contributed by atoms with E-state index >= 15 is 0 Å². The average molecular weight is 204 g/mol. The molecule has 78 valence electrons. The van der Waals surface area contributed by atoms with Gasteiger partial charge in [-0.05, 0) is 13.0 Å². The van der Waals surface area contributed by atoms with Crippen LogP contribution in [0.3, 0.4) is 0 Å². The van der Waals surface area contributed by atoms with Crippen LogP contribution in [0.5, 0.6) is 0 Å². The fourth-order valence-corrected chi connectivity index (χ4v) is 1.34. The fourth-order valence-electron chi connectivity index (χ4n) is 1.34. The molecule has 0 amide bonds. The van der Waals surface area contributed by atoms with Gasteiger partial charge >= 0.3 is 0 Å². The van der Waals surface area contributed by atoms with Crippen LogP contribution in [0.4, 0.5) is 5.82 Å². The third kappa shape index (κ3) is 1.82. The largest absolute Gasteiger partial charge is 0.384 e. The minimum Gasteiger partial charge on any atom is -0.384 e. The van der Waals surface area contributed by atoms with Crippen molar-refractivity contribution in [1.82, 2.24) is 15.2 Å². The molecule has 4 N–H and O–H groups in total. The molecule has 1 atom stereocenters. The van der Waals surface area contributed by atoms with Crippen molar-refractivity contribution in [2.45, 2.75) is 13.0 Å². The maximum atomic E-state index is 9.97. The van der Waals surface area contributed by atoms with Crippen molar-refractivity contribution < 1.29 is 5.11 Å². The number of hydrogen-bond acceptors (Lipinski definition) is 4. The van der Waals surface area contributed by atoms with Gasteiger partial charge in [0.25, 0.3) is 0 Å². The van der Waals surface area contributed by atoms with Crippen LogP contribution in [0, 0.1) is 6.92 Å². The Morgan fingerprint density at radius 1 is 1.40 bits per heavy atom. The van der Waals surface area contributed by atoms with E-state index in [0.717, 1.165) is 5.69 Å². The van der Waals surface area contributed by atoms with E-state index < -0.39 is 6.10 Å². The van der Waals surface area contributed by atoms with Crippen LogP contribution in [0.2, 0.25) is 0 Å². The van der Waals surface area contributed by atoms with Crippen LogP contribution < -0.4 is 5.73 Å². The van der Waals surface area contributed by atoms with E-state index in [0.29, 0.717) is 16.9 Å². The molecule has 2 rings (SSSR count). The molecule has 2 aromatic heterocycles. The first-order chi connectivity index (χ1) is 7.18. The number of nitrogens with two attached hydrogens (primary N) is 1.